The van der Waals surface area contributed by atoms with Crippen LogP contribution >= 0.6 is 0 Å². The van der Waals surface area contributed by atoms with Crippen molar-refractivity contribution in [2.75, 3.05) is 25.5 Å². The zero-order valence-electron chi connectivity index (χ0n) is 15.9. The van der Waals surface area contributed by atoms with E-state index < -0.39 is 11.7 Å². The van der Waals surface area contributed by atoms with Crippen molar-refractivity contribution in [1.29, 1.82) is 0 Å². The summed E-state index contributed by atoms with van der Waals surface area (Å²) in [7, 11) is 1.42. The summed E-state index contributed by atoms with van der Waals surface area (Å²) in [5, 5.41) is 2.70. The minimum atomic E-state index is -0.520. The lowest BCUT2D eigenvalue weighted by Gasteiger charge is -2.21. The Morgan fingerprint density at radius 2 is 1.67 bits per heavy atom. The summed E-state index contributed by atoms with van der Waals surface area (Å²) in [5.41, 5.74) is 1.19. The van der Waals surface area contributed by atoms with E-state index in [-0.39, 0.29) is 17.2 Å². The Balaban J connectivity index is 2.12. The molecule has 0 atom stereocenters. The van der Waals surface area contributed by atoms with Crippen LogP contribution in [-0.2, 0) is 0 Å². The van der Waals surface area contributed by atoms with Crippen LogP contribution in [0, 0.1) is 5.82 Å². The molecule has 2 aromatic rings. The standard InChI is InChI=1S/C21H25FN2O3/c1-4-12-24(13-5-2)21(26)15-6-9-17(10-7-15)23-20(25)18-14-16(22)8-11-19(18)27-3/h6-11,14H,4-5,12-13H2,1-3H3,(H,23,25). The molecule has 2 aromatic carbocycles. The van der Waals surface area contributed by atoms with Crippen LogP contribution in [0.4, 0.5) is 10.1 Å². The zero-order chi connectivity index (χ0) is 19.8. The molecule has 1 N–H and O–H groups in total. The quantitative estimate of drug-likeness (QED) is 0.749. The number of nitrogens with one attached hydrogen (secondary N) is 1. The highest BCUT2D eigenvalue weighted by molar-refractivity contribution is 6.06. The molecular formula is C21H25FN2O3. The van der Waals surface area contributed by atoms with Crippen molar-refractivity contribution in [2.24, 2.45) is 0 Å². The summed E-state index contributed by atoms with van der Waals surface area (Å²) in [5.74, 6) is -0.739. The van der Waals surface area contributed by atoms with E-state index in [0.29, 0.717) is 24.3 Å². The Labute approximate surface area is 159 Å². The highest BCUT2D eigenvalue weighted by Gasteiger charge is 2.16. The number of amides is 2. The van der Waals surface area contributed by atoms with E-state index in [1.54, 1.807) is 24.3 Å². The van der Waals surface area contributed by atoms with Gasteiger partial charge in [0.05, 0.1) is 12.7 Å². The van der Waals surface area contributed by atoms with Gasteiger partial charge in [0.2, 0.25) is 0 Å². The number of carbonyl (C=O) groups is 2. The fourth-order valence-electron chi connectivity index (χ4n) is 2.79. The maximum Gasteiger partial charge on any atom is 0.259 e. The number of nitrogens with zero attached hydrogens (tertiary/aromatic N) is 1. The average Bonchev–Trinajstić information content (AvgIpc) is 2.67. The van der Waals surface area contributed by atoms with Crippen molar-refractivity contribution in [3.63, 3.8) is 0 Å². The van der Waals surface area contributed by atoms with Gasteiger partial charge in [0, 0.05) is 24.3 Å². The van der Waals surface area contributed by atoms with Crippen molar-refractivity contribution < 1.29 is 18.7 Å². The third kappa shape index (κ3) is 5.29. The number of hydrogen-bond acceptors (Lipinski definition) is 3. The predicted octanol–water partition coefficient (Wildman–Crippen LogP) is 4.35. The van der Waals surface area contributed by atoms with Gasteiger partial charge in [-0.05, 0) is 55.3 Å². The van der Waals surface area contributed by atoms with E-state index in [9.17, 15) is 14.0 Å². The van der Waals surface area contributed by atoms with Gasteiger partial charge in [0.25, 0.3) is 11.8 Å². The van der Waals surface area contributed by atoms with Gasteiger partial charge >= 0.3 is 0 Å². The van der Waals surface area contributed by atoms with Gasteiger partial charge in [-0.25, -0.2) is 4.39 Å². The summed E-state index contributed by atoms with van der Waals surface area (Å²) in [6.07, 6.45) is 1.80. The first-order valence-corrected chi connectivity index (χ1v) is 9.04. The predicted molar refractivity (Wildman–Crippen MR) is 104 cm³/mol. The van der Waals surface area contributed by atoms with Crippen molar-refractivity contribution in [1.82, 2.24) is 4.90 Å². The molecule has 2 rings (SSSR count). The van der Waals surface area contributed by atoms with Crippen LogP contribution in [0.2, 0.25) is 0 Å². The maximum atomic E-state index is 13.4. The third-order valence-corrected chi connectivity index (χ3v) is 4.07. The minimum absolute atomic E-state index is 0.0247. The number of rotatable bonds is 8. The van der Waals surface area contributed by atoms with E-state index >= 15 is 0 Å². The molecule has 0 radical (unpaired) electrons. The lowest BCUT2D eigenvalue weighted by molar-refractivity contribution is 0.0755. The first-order chi connectivity index (χ1) is 13.0. The Bertz CT molecular complexity index is 785. The molecule has 0 aliphatic carbocycles. The molecule has 2 amide bonds. The topological polar surface area (TPSA) is 58.6 Å². The second-order valence-corrected chi connectivity index (χ2v) is 6.17. The van der Waals surface area contributed by atoms with E-state index in [0.717, 1.165) is 18.9 Å². The molecule has 0 spiro atoms. The van der Waals surface area contributed by atoms with E-state index in [4.69, 9.17) is 4.74 Å². The van der Waals surface area contributed by atoms with E-state index in [2.05, 4.69) is 5.32 Å². The summed E-state index contributed by atoms with van der Waals surface area (Å²) in [6, 6.07) is 10.4. The largest absolute Gasteiger partial charge is 0.496 e. The second-order valence-electron chi connectivity index (χ2n) is 6.17. The Kier molecular flexibility index (Phi) is 7.34. The average molecular weight is 372 g/mol. The molecule has 0 aromatic heterocycles. The zero-order valence-corrected chi connectivity index (χ0v) is 15.9. The second kappa shape index (κ2) is 9.71. The lowest BCUT2D eigenvalue weighted by atomic mass is 10.1. The number of halogens is 1. The summed E-state index contributed by atoms with van der Waals surface area (Å²) < 4.78 is 18.6. The van der Waals surface area contributed by atoms with Crippen LogP contribution in [0.1, 0.15) is 47.4 Å². The molecule has 0 heterocycles. The molecule has 0 saturated heterocycles. The number of carbonyl (C=O) groups excluding carboxylic acids is 2. The monoisotopic (exact) mass is 372 g/mol. The van der Waals surface area contributed by atoms with Gasteiger partial charge < -0.3 is 15.0 Å². The summed E-state index contributed by atoms with van der Waals surface area (Å²) >= 11 is 0. The molecule has 0 saturated carbocycles. The van der Waals surface area contributed by atoms with Crippen molar-refractivity contribution in [3.8, 4) is 5.75 Å². The van der Waals surface area contributed by atoms with Gasteiger partial charge in [0.1, 0.15) is 11.6 Å². The van der Waals surface area contributed by atoms with Crippen LogP contribution < -0.4 is 10.1 Å². The first-order valence-electron chi connectivity index (χ1n) is 9.04. The van der Waals surface area contributed by atoms with E-state index in [1.807, 2.05) is 18.7 Å². The molecule has 0 fully saturated rings. The van der Waals surface area contributed by atoms with E-state index in [1.165, 1.54) is 19.2 Å². The van der Waals surface area contributed by atoms with Crippen LogP contribution in [0.15, 0.2) is 42.5 Å². The smallest absolute Gasteiger partial charge is 0.259 e. The number of methoxy groups -OCH3 is 1. The summed E-state index contributed by atoms with van der Waals surface area (Å²) in [6.45, 7) is 5.50. The number of hydrogen-bond donors (Lipinski definition) is 1. The lowest BCUT2D eigenvalue weighted by Crippen LogP contribution is -2.32. The number of anilines is 1. The van der Waals surface area contributed by atoms with Crippen LogP contribution in [0.3, 0.4) is 0 Å². The van der Waals surface area contributed by atoms with Crippen molar-refractivity contribution >= 4 is 17.5 Å². The van der Waals surface area contributed by atoms with Gasteiger partial charge in [-0.3, -0.25) is 9.59 Å². The molecule has 144 valence electrons. The summed E-state index contributed by atoms with van der Waals surface area (Å²) in [4.78, 5) is 26.8. The highest BCUT2D eigenvalue weighted by Crippen LogP contribution is 2.21. The molecule has 6 heteroatoms. The molecule has 0 aliphatic heterocycles. The highest BCUT2D eigenvalue weighted by atomic mass is 19.1. The fourth-order valence-corrected chi connectivity index (χ4v) is 2.79. The maximum absolute atomic E-state index is 13.4. The van der Waals surface area contributed by atoms with Crippen LogP contribution in [-0.4, -0.2) is 36.9 Å². The Hall–Kier alpha value is -2.89. The molecular weight excluding hydrogens is 347 g/mol. The third-order valence-electron chi connectivity index (χ3n) is 4.07. The van der Waals surface area contributed by atoms with Gasteiger partial charge in [-0.1, -0.05) is 13.8 Å². The number of benzene rings is 2. The molecule has 27 heavy (non-hydrogen) atoms. The first kappa shape index (κ1) is 20.4. The van der Waals surface area contributed by atoms with Crippen molar-refractivity contribution in [2.45, 2.75) is 26.7 Å². The van der Waals surface area contributed by atoms with Gasteiger partial charge in [-0.2, -0.15) is 0 Å². The molecule has 0 aliphatic rings. The minimum Gasteiger partial charge on any atom is -0.496 e. The van der Waals surface area contributed by atoms with Crippen LogP contribution in [0.5, 0.6) is 5.75 Å². The molecule has 0 unspecified atom stereocenters. The van der Waals surface area contributed by atoms with Crippen LogP contribution in [0.25, 0.3) is 0 Å². The Morgan fingerprint density at radius 1 is 1.04 bits per heavy atom. The fraction of sp³-hybridized carbons (Fsp3) is 0.333. The van der Waals surface area contributed by atoms with Gasteiger partial charge in [-0.15, -0.1) is 0 Å². The van der Waals surface area contributed by atoms with Crippen molar-refractivity contribution in [3.05, 3.63) is 59.4 Å². The Morgan fingerprint density at radius 3 is 2.22 bits per heavy atom. The molecule has 5 nitrogen and oxygen atoms in total. The number of ether oxygens (including phenoxy) is 1. The SMILES string of the molecule is CCCN(CCC)C(=O)c1ccc(NC(=O)c2cc(F)ccc2OC)cc1. The van der Waals surface area contributed by atoms with Gasteiger partial charge in [0.15, 0.2) is 0 Å². The normalized spacial score (nSPS) is 10.4. The molecule has 0 bridgehead atoms.